The van der Waals surface area contributed by atoms with Crippen LogP contribution in [0, 0.1) is 0 Å². The third kappa shape index (κ3) is 3.16. The number of carbonyl (C=O) groups excluding carboxylic acids is 1. The van der Waals surface area contributed by atoms with Gasteiger partial charge >= 0.3 is 0 Å². The van der Waals surface area contributed by atoms with Crippen LogP contribution in [-0.2, 0) is 4.79 Å². The van der Waals surface area contributed by atoms with E-state index in [1.807, 2.05) is 4.90 Å². The molecule has 3 rings (SSSR count). The van der Waals surface area contributed by atoms with Crippen LogP contribution in [0.25, 0.3) is 10.2 Å². The minimum Gasteiger partial charge on any atom is -0.346 e. The quantitative estimate of drug-likeness (QED) is 0.797. The summed E-state index contributed by atoms with van der Waals surface area (Å²) in [4.78, 5) is 21.8. The number of benzene rings is 1. The molecule has 2 heterocycles. The fourth-order valence-electron chi connectivity index (χ4n) is 2.58. The summed E-state index contributed by atoms with van der Waals surface area (Å²) in [7, 11) is 0. The molecule has 1 aromatic carbocycles. The summed E-state index contributed by atoms with van der Waals surface area (Å²) < 4.78 is 1.24. The molecule has 0 radical (unpaired) electrons. The predicted octanol–water partition coefficient (Wildman–Crippen LogP) is 3.08. The van der Waals surface area contributed by atoms with Gasteiger partial charge in [-0.25, -0.2) is 4.98 Å². The second kappa shape index (κ2) is 6.23. The zero-order chi connectivity index (χ0) is 14.8. The summed E-state index contributed by atoms with van der Waals surface area (Å²) in [6.45, 7) is 5.14. The van der Waals surface area contributed by atoms with Crippen molar-refractivity contribution in [2.45, 2.75) is 18.2 Å². The van der Waals surface area contributed by atoms with Crippen LogP contribution < -0.4 is 4.90 Å². The van der Waals surface area contributed by atoms with E-state index in [2.05, 4.69) is 29.4 Å². The zero-order valence-electron chi connectivity index (χ0n) is 12.3. The van der Waals surface area contributed by atoms with Gasteiger partial charge in [0.15, 0.2) is 5.13 Å². The largest absolute Gasteiger partial charge is 0.346 e. The Bertz CT molecular complexity index is 655. The van der Waals surface area contributed by atoms with Crippen LogP contribution in [0.5, 0.6) is 0 Å². The van der Waals surface area contributed by atoms with Crippen molar-refractivity contribution in [2.75, 3.05) is 37.3 Å². The number of rotatable bonds is 2. The summed E-state index contributed by atoms with van der Waals surface area (Å²) >= 11 is 3.51. The third-order valence-corrected chi connectivity index (χ3v) is 5.60. The SMILES string of the molecule is CSc1ccc2nc(N3CCCN(C(C)=O)CC3)sc2c1. The second-order valence-corrected chi connectivity index (χ2v) is 7.07. The number of nitrogens with zero attached hydrogens (tertiary/aromatic N) is 3. The van der Waals surface area contributed by atoms with Crippen LogP contribution in [0.3, 0.4) is 0 Å². The molecule has 0 N–H and O–H groups in total. The number of anilines is 1. The van der Waals surface area contributed by atoms with Crippen molar-refractivity contribution < 1.29 is 4.79 Å². The number of thiazole rings is 1. The fraction of sp³-hybridized carbons (Fsp3) is 0.467. The van der Waals surface area contributed by atoms with Gasteiger partial charge in [0, 0.05) is 38.0 Å². The van der Waals surface area contributed by atoms with E-state index in [1.165, 1.54) is 9.60 Å². The first-order valence-electron chi connectivity index (χ1n) is 7.12. The number of hydrogen-bond donors (Lipinski definition) is 0. The molecule has 4 nitrogen and oxygen atoms in total. The molecule has 0 atom stereocenters. The van der Waals surface area contributed by atoms with Crippen LogP contribution in [-0.4, -0.2) is 48.2 Å². The molecule has 1 aliphatic rings. The highest BCUT2D eigenvalue weighted by atomic mass is 32.2. The zero-order valence-corrected chi connectivity index (χ0v) is 14.0. The molecular formula is C15H19N3OS2. The first-order chi connectivity index (χ1) is 10.2. The molecule has 1 saturated heterocycles. The van der Waals surface area contributed by atoms with Crippen molar-refractivity contribution in [1.82, 2.24) is 9.88 Å². The molecule has 0 saturated carbocycles. The number of hydrogen-bond acceptors (Lipinski definition) is 5. The molecule has 1 amide bonds. The number of aromatic nitrogens is 1. The van der Waals surface area contributed by atoms with Gasteiger partial charge < -0.3 is 9.80 Å². The first kappa shape index (κ1) is 14.7. The predicted molar refractivity (Wildman–Crippen MR) is 90.5 cm³/mol. The van der Waals surface area contributed by atoms with E-state index in [1.54, 1.807) is 30.0 Å². The number of carbonyl (C=O) groups is 1. The van der Waals surface area contributed by atoms with Crippen molar-refractivity contribution in [2.24, 2.45) is 0 Å². The lowest BCUT2D eigenvalue weighted by Gasteiger charge is -2.20. The molecular weight excluding hydrogens is 302 g/mol. The molecule has 1 fully saturated rings. The van der Waals surface area contributed by atoms with Crippen molar-refractivity contribution in [1.29, 1.82) is 0 Å². The average molecular weight is 321 g/mol. The maximum atomic E-state index is 11.5. The third-order valence-electron chi connectivity index (χ3n) is 3.80. The highest BCUT2D eigenvalue weighted by Gasteiger charge is 2.19. The number of amides is 1. The first-order valence-corrected chi connectivity index (χ1v) is 9.16. The van der Waals surface area contributed by atoms with E-state index < -0.39 is 0 Å². The normalized spacial score (nSPS) is 16.3. The molecule has 1 aliphatic heterocycles. The molecule has 2 aromatic rings. The molecule has 1 aromatic heterocycles. The summed E-state index contributed by atoms with van der Waals surface area (Å²) in [6, 6.07) is 6.43. The van der Waals surface area contributed by atoms with Crippen LogP contribution in [0.4, 0.5) is 5.13 Å². The molecule has 21 heavy (non-hydrogen) atoms. The molecule has 0 spiro atoms. The molecule has 0 unspecified atom stereocenters. The summed E-state index contributed by atoms with van der Waals surface area (Å²) in [5.41, 5.74) is 1.07. The van der Waals surface area contributed by atoms with Gasteiger partial charge in [-0.15, -0.1) is 11.8 Å². The molecule has 112 valence electrons. The summed E-state index contributed by atoms with van der Waals surface area (Å²) in [5, 5.41) is 1.08. The Morgan fingerprint density at radius 1 is 1.29 bits per heavy atom. The second-order valence-electron chi connectivity index (χ2n) is 5.18. The van der Waals surface area contributed by atoms with E-state index in [0.29, 0.717) is 0 Å². The summed E-state index contributed by atoms with van der Waals surface area (Å²) in [6.07, 6.45) is 3.10. The Hall–Kier alpha value is -1.27. The van der Waals surface area contributed by atoms with E-state index in [9.17, 15) is 4.79 Å². The average Bonchev–Trinajstić information content (AvgIpc) is 2.74. The van der Waals surface area contributed by atoms with Crippen molar-refractivity contribution in [3.63, 3.8) is 0 Å². The standard InChI is InChI=1S/C15H19N3OS2/c1-11(19)17-6-3-7-18(9-8-17)15-16-13-5-4-12(20-2)10-14(13)21-15/h4-5,10H,3,6-9H2,1-2H3. The van der Waals surface area contributed by atoms with E-state index in [-0.39, 0.29) is 5.91 Å². The molecule has 6 heteroatoms. The number of thioether (sulfide) groups is 1. The molecule has 0 bridgehead atoms. The van der Waals surface area contributed by atoms with Gasteiger partial charge in [-0.2, -0.15) is 0 Å². The van der Waals surface area contributed by atoms with E-state index in [4.69, 9.17) is 4.98 Å². The monoisotopic (exact) mass is 321 g/mol. The Morgan fingerprint density at radius 3 is 2.90 bits per heavy atom. The lowest BCUT2D eigenvalue weighted by molar-refractivity contribution is -0.128. The highest BCUT2D eigenvalue weighted by Crippen LogP contribution is 2.31. The lowest BCUT2D eigenvalue weighted by atomic mass is 10.3. The Labute approximate surface area is 133 Å². The van der Waals surface area contributed by atoms with E-state index >= 15 is 0 Å². The Morgan fingerprint density at radius 2 is 2.14 bits per heavy atom. The van der Waals surface area contributed by atoms with Crippen LogP contribution >= 0.6 is 23.1 Å². The van der Waals surface area contributed by atoms with Gasteiger partial charge in [-0.1, -0.05) is 11.3 Å². The van der Waals surface area contributed by atoms with Gasteiger partial charge in [0.05, 0.1) is 10.2 Å². The van der Waals surface area contributed by atoms with Gasteiger partial charge in [0.1, 0.15) is 0 Å². The number of fused-ring (bicyclic) bond motifs is 1. The van der Waals surface area contributed by atoms with Crippen molar-refractivity contribution >= 4 is 44.4 Å². The molecule has 0 aliphatic carbocycles. The van der Waals surface area contributed by atoms with Gasteiger partial charge in [0.25, 0.3) is 0 Å². The van der Waals surface area contributed by atoms with Crippen LogP contribution in [0.15, 0.2) is 23.1 Å². The smallest absolute Gasteiger partial charge is 0.219 e. The highest BCUT2D eigenvalue weighted by molar-refractivity contribution is 7.98. The van der Waals surface area contributed by atoms with Gasteiger partial charge in [0.2, 0.25) is 5.91 Å². The maximum Gasteiger partial charge on any atom is 0.219 e. The topological polar surface area (TPSA) is 36.4 Å². The van der Waals surface area contributed by atoms with E-state index in [0.717, 1.165) is 43.2 Å². The van der Waals surface area contributed by atoms with Gasteiger partial charge in [-0.3, -0.25) is 4.79 Å². The Balaban J connectivity index is 1.81. The minimum absolute atomic E-state index is 0.172. The fourth-order valence-corrected chi connectivity index (χ4v) is 4.15. The summed E-state index contributed by atoms with van der Waals surface area (Å²) in [5.74, 6) is 0.172. The van der Waals surface area contributed by atoms with Crippen LogP contribution in [0.1, 0.15) is 13.3 Å². The maximum absolute atomic E-state index is 11.5. The van der Waals surface area contributed by atoms with Crippen LogP contribution in [0.2, 0.25) is 0 Å². The van der Waals surface area contributed by atoms with Crippen molar-refractivity contribution in [3.05, 3.63) is 18.2 Å². The van der Waals surface area contributed by atoms with Crippen molar-refractivity contribution in [3.8, 4) is 0 Å². The Kier molecular flexibility index (Phi) is 4.35. The minimum atomic E-state index is 0.172. The lowest BCUT2D eigenvalue weighted by Crippen LogP contribution is -2.33. The van der Waals surface area contributed by atoms with Gasteiger partial charge in [-0.05, 0) is 30.9 Å².